The molecule has 0 saturated carbocycles. The Balaban J connectivity index is 1.48. The van der Waals surface area contributed by atoms with Gasteiger partial charge in [-0.05, 0) is 24.6 Å². The molecule has 9 nitrogen and oxygen atoms in total. The van der Waals surface area contributed by atoms with Gasteiger partial charge in [-0.1, -0.05) is 41.0 Å². The van der Waals surface area contributed by atoms with E-state index in [4.69, 9.17) is 32.7 Å². The minimum Gasteiger partial charge on any atom is -0.462 e. The fourth-order valence-electron chi connectivity index (χ4n) is 2.99. The number of thioether (sulfide) groups is 1. The van der Waals surface area contributed by atoms with Crippen LogP contribution in [0.3, 0.4) is 0 Å². The Morgan fingerprint density at radius 3 is 2.91 bits per heavy atom. The first-order valence-corrected chi connectivity index (χ1v) is 11.6. The van der Waals surface area contributed by atoms with Crippen molar-refractivity contribution in [3.8, 4) is 0 Å². The summed E-state index contributed by atoms with van der Waals surface area (Å²) in [6.07, 6.45) is 0.681. The van der Waals surface area contributed by atoms with Crippen molar-refractivity contribution in [2.45, 2.75) is 24.9 Å². The number of esters is 1. The van der Waals surface area contributed by atoms with Crippen molar-refractivity contribution < 1.29 is 19.1 Å². The van der Waals surface area contributed by atoms with Crippen LogP contribution < -0.4 is 10.9 Å². The lowest BCUT2D eigenvalue weighted by atomic mass is 10.2. The van der Waals surface area contributed by atoms with Crippen LogP contribution >= 0.6 is 35.0 Å². The summed E-state index contributed by atoms with van der Waals surface area (Å²) in [6.45, 7) is 4.16. The lowest BCUT2D eigenvalue weighted by Crippen LogP contribution is -2.50. The highest BCUT2D eigenvalue weighted by molar-refractivity contribution is 7.99. The van der Waals surface area contributed by atoms with Crippen LogP contribution in [0.4, 0.5) is 0 Å². The molecule has 2 N–H and O–H groups in total. The lowest BCUT2D eigenvalue weighted by molar-refractivity contribution is -0.126. The van der Waals surface area contributed by atoms with E-state index in [0.717, 1.165) is 30.1 Å². The molecule has 0 unspecified atom stereocenters. The van der Waals surface area contributed by atoms with Gasteiger partial charge < -0.3 is 19.8 Å². The van der Waals surface area contributed by atoms with E-state index in [1.807, 2.05) is 12.1 Å². The van der Waals surface area contributed by atoms with Gasteiger partial charge in [-0.2, -0.15) is 0 Å². The molecule has 1 saturated heterocycles. The Labute approximate surface area is 198 Å². The molecule has 0 aliphatic carbocycles. The molecule has 2 aromatic rings. The monoisotopic (exact) mass is 500 g/mol. The number of morpholine rings is 1. The smallest absolute Gasteiger partial charge is 0.345 e. The number of hydrogen-bond acceptors (Lipinski definition) is 8. The van der Waals surface area contributed by atoms with Crippen LogP contribution in [0.2, 0.25) is 10.0 Å². The van der Waals surface area contributed by atoms with Gasteiger partial charge in [0.05, 0.1) is 29.0 Å². The van der Waals surface area contributed by atoms with E-state index in [9.17, 15) is 14.4 Å². The second kappa shape index (κ2) is 11.7. The third-order valence-corrected chi connectivity index (χ3v) is 6.10. The van der Waals surface area contributed by atoms with Crippen LogP contribution in [-0.2, 0) is 20.8 Å². The first-order valence-electron chi connectivity index (χ1n) is 9.82. The highest BCUT2D eigenvalue weighted by Gasteiger charge is 2.22. The number of carbonyl (C=O) groups excluding carboxylic acids is 2. The number of carbonyl (C=O) groups is 2. The van der Waals surface area contributed by atoms with Gasteiger partial charge in [-0.3, -0.25) is 14.5 Å². The molecule has 1 aromatic heterocycles. The first kappa shape index (κ1) is 24.5. The zero-order valence-corrected chi connectivity index (χ0v) is 19.6. The number of aromatic amines is 1. The van der Waals surface area contributed by atoms with Crippen molar-refractivity contribution in [2.24, 2.45) is 0 Å². The lowest BCUT2D eigenvalue weighted by Gasteiger charge is -2.33. The molecule has 12 heteroatoms. The molecule has 0 bridgehead atoms. The van der Waals surface area contributed by atoms with Crippen LogP contribution in [0.15, 0.2) is 34.3 Å². The third kappa shape index (κ3) is 6.94. The predicted octanol–water partition coefficient (Wildman–Crippen LogP) is 2.32. The van der Waals surface area contributed by atoms with Crippen LogP contribution in [0.25, 0.3) is 0 Å². The van der Waals surface area contributed by atoms with Gasteiger partial charge in [-0.15, -0.1) is 0 Å². The molecule has 32 heavy (non-hydrogen) atoms. The number of ether oxygens (including phenoxy) is 2. The van der Waals surface area contributed by atoms with Gasteiger partial charge in [0.25, 0.3) is 5.56 Å². The number of nitrogens with zero attached hydrogens (tertiary/aromatic N) is 2. The van der Waals surface area contributed by atoms with Crippen molar-refractivity contribution in [1.82, 2.24) is 20.2 Å². The Morgan fingerprint density at radius 2 is 2.19 bits per heavy atom. The summed E-state index contributed by atoms with van der Waals surface area (Å²) in [7, 11) is 0. The minimum absolute atomic E-state index is 0.0222. The highest BCUT2D eigenvalue weighted by Crippen LogP contribution is 2.23. The minimum atomic E-state index is -0.740. The van der Waals surface area contributed by atoms with E-state index in [0.29, 0.717) is 29.7 Å². The summed E-state index contributed by atoms with van der Waals surface area (Å²) in [5, 5.41) is 4.05. The number of rotatable bonds is 8. The number of hydrogen-bond donors (Lipinski definition) is 2. The molecule has 172 valence electrons. The first-order chi connectivity index (χ1) is 15.4. The average molecular weight is 501 g/mol. The SMILES string of the molecule is CCOC(=O)c1cnc(SCC(=O)N[C@H]2CN(Cc3ccc(Cl)c(Cl)c3)CCO2)[nH]c1=O. The van der Waals surface area contributed by atoms with Gasteiger partial charge in [0.15, 0.2) is 5.16 Å². The maximum absolute atomic E-state index is 12.3. The fourth-order valence-corrected chi connectivity index (χ4v) is 3.95. The van der Waals surface area contributed by atoms with E-state index in [-0.39, 0.29) is 29.0 Å². The van der Waals surface area contributed by atoms with E-state index in [2.05, 4.69) is 20.2 Å². The number of nitrogens with one attached hydrogen (secondary N) is 2. The maximum Gasteiger partial charge on any atom is 0.345 e. The standard InChI is InChI=1S/C20H22Cl2N4O5S/c1-2-30-19(29)13-8-23-20(25-18(13)28)32-11-16(27)24-17-10-26(5-6-31-17)9-12-3-4-14(21)15(22)7-12/h3-4,7-8,17H,2,5-6,9-11H2,1H3,(H,24,27)(H,23,25,28)/t17-/m1/s1. The molecule has 3 rings (SSSR count). The number of amides is 1. The van der Waals surface area contributed by atoms with Crippen molar-refractivity contribution in [3.63, 3.8) is 0 Å². The summed E-state index contributed by atoms with van der Waals surface area (Å²) in [5.41, 5.74) is 0.219. The maximum atomic E-state index is 12.3. The van der Waals surface area contributed by atoms with Gasteiger partial charge in [0.1, 0.15) is 11.8 Å². The second-order valence-electron chi connectivity index (χ2n) is 6.85. The molecule has 1 aromatic carbocycles. The van der Waals surface area contributed by atoms with Crippen molar-refractivity contribution >= 4 is 46.8 Å². The van der Waals surface area contributed by atoms with Crippen LogP contribution in [-0.4, -0.2) is 65.0 Å². The number of H-pyrrole nitrogens is 1. The number of benzene rings is 1. The van der Waals surface area contributed by atoms with Crippen LogP contribution in [0.1, 0.15) is 22.8 Å². The topological polar surface area (TPSA) is 114 Å². The van der Waals surface area contributed by atoms with Crippen molar-refractivity contribution in [2.75, 3.05) is 32.1 Å². The summed E-state index contributed by atoms with van der Waals surface area (Å²) >= 11 is 13.1. The molecule has 1 amide bonds. The highest BCUT2D eigenvalue weighted by atomic mass is 35.5. The molecular weight excluding hydrogens is 479 g/mol. The Bertz CT molecular complexity index is 1040. The predicted molar refractivity (Wildman–Crippen MR) is 121 cm³/mol. The quantitative estimate of drug-likeness (QED) is 0.322. The molecule has 1 atom stereocenters. The zero-order chi connectivity index (χ0) is 23.1. The molecule has 1 fully saturated rings. The van der Waals surface area contributed by atoms with E-state index < -0.39 is 17.8 Å². The summed E-state index contributed by atoms with van der Waals surface area (Å²) < 4.78 is 10.4. The Kier molecular flexibility index (Phi) is 8.94. The van der Waals surface area contributed by atoms with E-state index >= 15 is 0 Å². The summed E-state index contributed by atoms with van der Waals surface area (Å²) in [4.78, 5) is 44.6. The number of halogens is 2. The normalized spacial score (nSPS) is 16.5. The second-order valence-corrected chi connectivity index (χ2v) is 8.63. The summed E-state index contributed by atoms with van der Waals surface area (Å²) in [5.74, 6) is -0.988. The Morgan fingerprint density at radius 1 is 1.38 bits per heavy atom. The number of aromatic nitrogens is 2. The van der Waals surface area contributed by atoms with Gasteiger partial charge >= 0.3 is 5.97 Å². The van der Waals surface area contributed by atoms with Gasteiger partial charge in [-0.25, -0.2) is 9.78 Å². The van der Waals surface area contributed by atoms with Crippen LogP contribution in [0, 0.1) is 0 Å². The third-order valence-electron chi connectivity index (χ3n) is 4.47. The summed E-state index contributed by atoms with van der Waals surface area (Å²) in [6, 6.07) is 5.49. The largest absolute Gasteiger partial charge is 0.462 e. The average Bonchev–Trinajstić information content (AvgIpc) is 2.75. The molecule has 0 spiro atoms. The van der Waals surface area contributed by atoms with Gasteiger partial charge in [0.2, 0.25) is 5.91 Å². The van der Waals surface area contributed by atoms with Crippen molar-refractivity contribution in [1.29, 1.82) is 0 Å². The van der Waals surface area contributed by atoms with Gasteiger partial charge in [0, 0.05) is 25.8 Å². The molecule has 1 aliphatic heterocycles. The zero-order valence-electron chi connectivity index (χ0n) is 17.2. The fraction of sp³-hybridized carbons (Fsp3) is 0.400. The van der Waals surface area contributed by atoms with E-state index in [1.54, 1.807) is 13.0 Å². The van der Waals surface area contributed by atoms with Crippen LogP contribution in [0.5, 0.6) is 0 Å². The molecule has 1 aliphatic rings. The molecule has 2 heterocycles. The Hall–Kier alpha value is -2.11. The molecular formula is C20H22Cl2N4O5S. The van der Waals surface area contributed by atoms with E-state index in [1.165, 1.54) is 0 Å². The van der Waals surface area contributed by atoms with Crippen molar-refractivity contribution in [3.05, 3.63) is 55.9 Å². The molecule has 0 radical (unpaired) electrons.